The van der Waals surface area contributed by atoms with Gasteiger partial charge in [-0.25, -0.2) is 9.59 Å². The predicted molar refractivity (Wildman–Crippen MR) is 132 cm³/mol. The van der Waals surface area contributed by atoms with Crippen molar-refractivity contribution in [2.45, 2.75) is 130 Å². The molecule has 5 heteroatoms. The second kappa shape index (κ2) is 22.5. The summed E-state index contributed by atoms with van der Waals surface area (Å²) in [6.45, 7) is 6.24. The Morgan fingerprint density at radius 1 is 0.750 bits per heavy atom. The molecule has 0 heterocycles. The standard InChI is InChI=1S/C27H49NO4/c1-5-7-8-9-10-11-12-13-14-15-16-17-18-19-20-21-23-31-26(29)25(24(3)4)28-27(30)32-22-6-2/h2,24-25H,5,7-23H2,1,3-4H3,(H,28,30). The highest BCUT2D eigenvalue weighted by atomic mass is 16.6. The molecule has 0 aliphatic heterocycles. The van der Waals surface area contributed by atoms with Gasteiger partial charge in [0.15, 0.2) is 6.61 Å². The van der Waals surface area contributed by atoms with Gasteiger partial charge in [-0.3, -0.25) is 0 Å². The smallest absolute Gasteiger partial charge is 0.408 e. The maximum atomic E-state index is 12.2. The summed E-state index contributed by atoms with van der Waals surface area (Å²) in [6, 6.07) is -0.721. The van der Waals surface area contributed by atoms with E-state index in [2.05, 4.69) is 18.2 Å². The average molecular weight is 452 g/mol. The van der Waals surface area contributed by atoms with Crippen molar-refractivity contribution < 1.29 is 19.1 Å². The summed E-state index contributed by atoms with van der Waals surface area (Å²) >= 11 is 0. The molecule has 1 atom stereocenters. The number of carbonyl (C=O) groups excluding carboxylic acids is 2. The number of esters is 1. The van der Waals surface area contributed by atoms with Gasteiger partial charge in [-0.15, -0.1) is 6.42 Å². The van der Waals surface area contributed by atoms with Crippen molar-refractivity contribution in [3.05, 3.63) is 0 Å². The van der Waals surface area contributed by atoms with Crippen LogP contribution < -0.4 is 5.32 Å². The van der Waals surface area contributed by atoms with Crippen molar-refractivity contribution in [2.24, 2.45) is 5.92 Å². The lowest BCUT2D eigenvalue weighted by molar-refractivity contribution is -0.147. The average Bonchev–Trinajstić information content (AvgIpc) is 2.77. The third-order valence-electron chi connectivity index (χ3n) is 5.72. The van der Waals surface area contributed by atoms with Crippen LogP contribution >= 0.6 is 0 Å². The molecule has 0 aromatic carbocycles. The van der Waals surface area contributed by atoms with Gasteiger partial charge in [0.2, 0.25) is 0 Å². The van der Waals surface area contributed by atoms with Crippen LogP contribution in [-0.2, 0) is 14.3 Å². The molecule has 0 saturated heterocycles. The van der Waals surface area contributed by atoms with Crippen molar-refractivity contribution in [1.82, 2.24) is 5.32 Å². The number of alkyl carbamates (subject to hydrolysis) is 1. The largest absolute Gasteiger partial charge is 0.464 e. The van der Waals surface area contributed by atoms with E-state index in [0.717, 1.165) is 12.8 Å². The van der Waals surface area contributed by atoms with E-state index >= 15 is 0 Å². The number of unbranched alkanes of at least 4 members (excludes halogenated alkanes) is 15. The van der Waals surface area contributed by atoms with E-state index in [0.29, 0.717) is 6.61 Å². The molecule has 186 valence electrons. The monoisotopic (exact) mass is 451 g/mol. The van der Waals surface area contributed by atoms with Crippen LogP contribution in [0.1, 0.15) is 124 Å². The number of hydrogen-bond acceptors (Lipinski definition) is 4. The van der Waals surface area contributed by atoms with Crippen LogP contribution in [0, 0.1) is 18.3 Å². The molecular weight excluding hydrogens is 402 g/mol. The zero-order valence-electron chi connectivity index (χ0n) is 21.1. The molecule has 1 unspecified atom stereocenters. The third kappa shape index (κ3) is 19.0. The van der Waals surface area contributed by atoms with Crippen LogP contribution in [0.3, 0.4) is 0 Å². The minimum atomic E-state index is -0.721. The zero-order chi connectivity index (χ0) is 23.9. The number of nitrogens with one attached hydrogen (secondary N) is 1. The first kappa shape index (κ1) is 30.3. The lowest BCUT2D eigenvalue weighted by Crippen LogP contribution is -2.45. The topological polar surface area (TPSA) is 64.6 Å². The lowest BCUT2D eigenvalue weighted by atomic mass is 10.0. The Bertz CT molecular complexity index is 498. The summed E-state index contributed by atoms with van der Waals surface area (Å²) in [5.41, 5.74) is 0. The van der Waals surface area contributed by atoms with Crippen molar-refractivity contribution in [3.8, 4) is 12.3 Å². The first-order chi connectivity index (χ1) is 15.5. The Morgan fingerprint density at radius 3 is 1.59 bits per heavy atom. The van der Waals surface area contributed by atoms with Crippen LogP contribution in [0.25, 0.3) is 0 Å². The minimum Gasteiger partial charge on any atom is -0.464 e. The van der Waals surface area contributed by atoms with E-state index < -0.39 is 18.1 Å². The minimum absolute atomic E-state index is 0.0910. The third-order valence-corrected chi connectivity index (χ3v) is 5.72. The van der Waals surface area contributed by atoms with Crippen molar-refractivity contribution in [2.75, 3.05) is 13.2 Å². The van der Waals surface area contributed by atoms with Gasteiger partial charge in [0.1, 0.15) is 6.04 Å². The number of rotatable bonds is 21. The molecule has 0 radical (unpaired) electrons. The molecule has 0 spiro atoms. The van der Waals surface area contributed by atoms with Crippen LogP contribution in [0.2, 0.25) is 0 Å². The molecule has 1 amide bonds. The highest BCUT2D eigenvalue weighted by Crippen LogP contribution is 2.14. The molecule has 0 saturated carbocycles. The molecule has 1 N–H and O–H groups in total. The van der Waals surface area contributed by atoms with E-state index in [9.17, 15) is 9.59 Å². The summed E-state index contributed by atoms with van der Waals surface area (Å²) in [6.07, 6.45) is 25.3. The lowest BCUT2D eigenvalue weighted by Gasteiger charge is -2.20. The number of hydrogen-bond donors (Lipinski definition) is 1. The molecule has 0 aromatic rings. The van der Waals surface area contributed by atoms with Gasteiger partial charge in [-0.1, -0.05) is 123 Å². The molecule has 32 heavy (non-hydrogen) atoms. The second-order valence-corrected chi connectivity index (χ2v) is 9.12. The van der Waals surface area contributed by atoms with E-state index in [1.54, 1.807) is 0 Å². The normalized spacial score (nSPS) is 11.7. The molecule has 0 bridgehead atoms. The van der Waals surface area contributed by atoms with Crippen LogP contribution in [0.5, 0.6) is 0 Å². The fraction of sp³-hybridized carbons (Fsp3) is 0.852. The van der Waals surface area contributed by atoms with Crippen molar-refractivity contribution in [3.63, 3.8) is 0 Å². The van der Waals surface area contributed by atoms with E-state index in [1.165, 1.54) is 89.9 Å². The Kier molecular flexibility index (Phi) is 21.3. The van der Waals surface area contributed by atoms with Crippen molar-refractivity contribution in [1.29, 1.82) is 0 Å². The summed E-state index contributed by atoms with van der Waals surface area (Å²) in [4.78, 5) is 23.8. The quantitative estimate of drug-likeness (QED) is 0.114. The van der Waals surface area contributed by atoms with Gasteiger partial charge < -0.3 is 14.8 Å². The van der Waals surface area contributed by atoms with Gasteiger partial charge in [0.05, 0.1) is 6.61 Å². The number of ether oxygens (including phenoxy) is 2. The van der Waals surface area contributed by atoms with E-state index in [1.807, 2.05) is 13.8 Å². The van der Waals surface area contributed by atoms with Gasteiger partial charge >= 0.3 is 12.1 Å². The SMILES string of the molecule is C#CCOC(=O)NC(C(=O)OCCCCCCCCCCCCCCCCCC)C(C)C. The zero-order valence-corrected chi connectivity index (χ0v) is 21.1. The van der Waals surface area contributed by atoms with Crippen molar-refractivity contribution >= 4 is 12.1 Å². The second-order valence-electron chi connectivity index (χ2n) is 9.12. The first-order valence-electron chi connectivity index (χ1n) is 13.1. The van der Waals surface area contributed by atoms with Crippen LogP contribution in [0.15, 0.2) is 0 Å². The summed E-state index contributed by atoms with van der Waals surface area (Å²) < 4.78 is 10.1. The summed E-state index contributed by atoms with van der Waals surface area (Å²) in [7, 11) is 0. The Hall–Kier alpha value is -1.70. The highest BCUT2D eigenvalue weighted by Gasteiger charge is 2.26. The molecule has 0 aliphatic carbocycles. The molecule has 0 fully saturated rings. The Balaban J connectivity index is 3.54. The van der Waals surface area contributed by atoms with Gasteiger partial charge in [-0.2, -0.15) is 0 Å². The van der Waals surface area contributed by atoms with Gasteiger partial charge in [-0.05, 0) is 12.3 Å². The maximum Gasteiger partial charge on any atom is 0.408 e. The predicted octanol–water partition coefficient (Wildman–Crippen LogP) is 7.18. The van der Waals surface area contributed by atoms with Gasteiger partial charge in [0.25, 0.3) is 0 Å². The molecule has 0 rings (SSSR count). The molecular formula is C27H49NO4. The fourth-order valence-corrected chi connectivity index (χ4v) is 3.69. The van der Waals surface area contributed by atoms with E-state index in [4.69, 9.17) is 15.9 Å². The fourth-order valence-electron chi connectivity index (χ4n) is 3.69. The number of carbonyl (C=O) groups is 2. The van der Waals surface area contributed by atoms with Gasteiger partial charge in [0, 0.05) is 0 Å². The van der Waals surface area contributed by atoms with E-state index in [-0.39, 0.29) is 12.5 Å². The molecule has 0 aromatic heterocycles. The summed E-state index contributed by atoms with van der Waals surface area (Å²) in [5.74, 6) is 1.71. The summed E-state index contributed by atoms with van der Waals surface area (Å²) in [5, 5.41) is 2.53. The van der Waals surface area contributed by atoms with Crippen LogP contribution in [-0.4, -0.2) is 31.3 Å². The maximum absolute atomic E-state index is 12.2. The Labute approximate surface area is 197 Å². The molecule has 0 aliphatic rings. The first-order valence-corrected chi connectivity index (χ1v) is 13.1. The number of terminal acetylenes is 1. The Morgan fingerprint density at radius 2 is 1.19 bits per heavy atom. The molecule has 5 nitrogen and oxygen atoms in total. The highest BCUT2D eigenvalue weighted by molar-refractivity contribution is 5.81. The van der Waals surface area contributed by atoms with Crippen LogP contribution in [0.4, 0.5) is 4.79 Å². The number of amides is 1.